The highest BCUT2D eigenvalue weighted by molar-refractivity contribution is 7.99. The number of hydrogen-bond donors (Lipinski definition) is 1. The number of ether oxygens (including phenoxy) is 2. The second kappa shape index (κ2) is 12.5. The van der Waals surface area contributed by atoms with E-state index in [1.165, 1.54) is 11.8 Å². The van der Waals surface area contributed by atoms with E-state index in [0.29, 0.717) is 18.2 Å². The summed E-state index contributed by atoms with van der Waals surface area (Å²) >= 11 is 7.37. The molecule has 0 atom stereocenters. The number of nitrogens with zero attached hydrogens (tertiary/aromatic N) is 3. The topological polar surface area (TPSA) is 78.3 Å². The predicted octanol–water partition coefficient (Wildman–Crippen LogP) is 5.40. The first-order chi connectivity index (χ1) is 16.0. The molecule has 33 heavy (non-hydrogen) atoms. The van der Waals surface area contributed by atoms with Gasteiger partial charge >= 0.3 is 0 Å². The molecule has 0 aliphatic heterocycles. The Morgan fingerprint density at radius 3 is 2.61 bits per heavy atom. The Morgan fingerprint density at radius 1 is 1.12 bits per heavy atom. The molecular weight excluding hydrogens is 460 g/mol. The molecular formula is C24H29ClN4O3S. The molecule has 0 saturated heterocycles. The zero-order valence-corrected chi connectivity index (χ0v) is 20.7. The van der Waals surface area contributed by atoms with Crippen LogP contribution in [0.15, 0.2) is 47.6 Å². The number of hydrogen-bond acceptors (Lipinski definition) is 6. The number of anilines is 1. The molecule has 0 spiro atoms. The van der Waals surface area contributed by atoms with Crippen LogP contribution in [-0.2, 0) is 17.8 Å². The molecule has 3 aromatic rings. The maximum atomic E-state index is 12.4. The summed E-state index contributed by atoms with van der Waals surface area (Å²) in [6.07, 6.45) is 1.55. The number of amides is 1. The third kappa shape index (κ3) is 7.40. The van der Waals surface area contributed by atoms with Gasteiger partial charge in [0.05, 0.1) is 19.0 Å². The first kappa shape index (κ1) is 24.9. The van der Waals surface area contributed by atoms with E-state index in [1.807, 2.05) is 67.8 Å². The number of aromatic nitrogens is 3. The van der Waals surface area contributed by atoms with Crippen molar-refractivity contribution in [2.45, 2.75) is 45.3 Å². The standard InChI is InChI=1S/C24H29ClN4O3S/c1-4-29-22(7-6-14-32-21-13-8-18(25)15-17(21)3)27-28-24(29)33-16-23(30)26-19-9-11-20(12-10-19)31-5-2/h8-13,15H,4-7,14,16H2,1-3H3,(H,26,30). The van der Waals surface area contributed by atoms with Crippen LogP contribution >= 0.6 is 23.4 Å². The van der Waals surface area contributed by atoms with E-state index in [9.17, 15) is 4.79 Å². The first-order valence-electron chi connectivity index (χ1n) is 11.0. The molecule has 0 bridgehead atoms. The van der Waals surface area contributed by atoms with Gasteiger partial charge in [-0.2, -0.15) is 0 Å². The molecule has 0 unspecified atom stereocenters. The Kier molecular flexibility index (Phi) is 9.45. The van der Waals surface area contributed by atoms with Crippen molar-refractivity contribution >= 4 is 35.0 Å². The number of nitrogens with one attached hydrogen (secondary N) is 1. The summed E-state index contributed by atoms with van der Waals surface area (Å²) in [5.41, 5.74) is 1.75. The van der Waals surface area contributed by atoms with Crippen molar-refractivity contribution in [2.24, 2.45) is 0 Å². The lowest BCUT2D eigenvalue weighted by Gasteiger charge is -2.10. The first-order valence-corrected chi connectivity index (χ1v) is 12.3. The maximum Gasteiger partial charge on any atom is 0.234 e. The molecule has 1 heterocycles. The number of benzene rings is 2. The average molecular weight is 489 g/mol. The molecule has 3 rings (SSSR count). The minimum absolute atomic E-state index is 0.0944. The second-order valence-corrected chi connectivity index (χ2v) is 8.68. The van der Waals surface area contributed by atoms with Crippen molar-refractivity contribution < 1.29 is 14.3 Å². The number of thioether (sulfide) groups is 1. The Morgan fingerprint density at radius 2 is 1.91 bits per heavy atom. The van der Waals surface area contributed by atoms with Gasteiger partial charge in [-0.3, -0.25) is 4.79 Å². The molecule has 0 aliphatic carbocycles. The number of aryl methyl sites for hydroxylation is 2. The fourth-order valence-electron chi connectivity index (χ4n) is 3.24. The van der Waals surface area contributed by atoms with Crippen LogP contribution in [-0.4, -0.2) is 39.6 Å². The molecule has 0 saturated carbocycles. The van der Waals surface area contributed by atoms with Crippen molar-refractivity contribution in [3.8, 4) is 11.5 Å². The average Bonchev–Trinajstić information content (AvgIpc) is 3.19. The number of carbonyl (C=O) groups excluding carboxylic acids is 1. The minimum Gasteiger partial charge on any atom is -0.494 e. The molecule has 7 nitrogen and oxygen atoms in total. The van der Waals surface area contributed by atoms with Gasteiger partial charge in [-0.05, 0) is 75.2 Å². The fraction of sp³-hybridized carbons (Fsp3) is 0.375. The Hall–Kier alpha value is -2.71. The third-order valence-electron chi connectivity index (χ3n) is 4.83. The molecule has 0 fully saturated rings. The van der Waals surface area contributed by atoms with Crippen LogP contribution in [0.1, 0.15) is 31.7 Å². The van der Waals surface area contributed by atoms with E-state index in [2.05, 4.69) is 15.5 Å². The van der Waals surface area contributed by atoms with Crippen LogP contribution in [0, 0.1) is 6.92 Å². The summed E-state index contributed by atoms with van der Waals surface area (Å²) in [4.78, 5) is 12.4. The van der Waals surface area contributed by atoms with Gasteiger partial charge in [0.1, 0.15) is 17.3 Å². The highest BCUT2D eigenvalue weighted by atomic mass is 35.5. The van der Waals surface area contributed by atoms with Crippen LogP contribution in [0.2, 0.25) is 5.02 Å². The Balaban J connectivity index is 1.46. The Bertz CT molecular complexity index is 1060. The second-order valence-electron chi connectivity index (χ2n) is 7.30. The smallest absolute Gasteiger partial charge is 0.234 e. The van der Waals surface area contributed by atoms with E-state index in [-0.39, 0.29) is 11.7 Å². The maximum absolute atomic E-state index is 12.4. The van der Waals surface area contributed by atoms with Gasteiger partial charge in [-0.15, -0.1) is 10.2 Å². The molecule has 9 heteroatoms. The van der Waals surface area contributed by atoms with Gasteiger partial charge < -0.3 is 19.4 Å². The summed E-state index contributed by atoms with van der Waals surface area (Å²) < 4.78 is 13.3. The summed E-state index contributed by atoms with van der Waals surface area (Å²) in [5, 5.41) is 12.9. The molecule has 1 N–H and O–H groups in total. The van der Waals surface area contributed by atoms with Gasteiger partial charge in [0.25, 0.3) is 0 Å². The predicted molar refractivity (Wildman–Crippen MR) is 133 cm³/mol. The van der Waals surface area contributed by atoms with E-state index in [0.717, 1.165) is 53.1 Å². The van der Waals surface area contributed by atoms with E-state index in [1.54, 1.807) is 0 Å². The largest absolute Gasteiger partial charge is 0.494 e. The molecule has 0 radical (unpaired) electrons. The normalized spacial score (nSPS) is 10.8. The molecule has 1 amide bonds. The zero-order valence-electron chi connectivity index (χ0n) is 19.1. The highest BCUT2D eigenvalue weighted by Crippen LogP contribution is 2.23. The van der Waals surface area contributed by atoms with Crippen molar-refractivity contribution in [3.63, 3.8) is 0 Å². The monoisotopic (exact) mass is 488 g/mol. The summed E-state index contributed by atoms with van der Waals surface area (Å²) in [6, 6.07) is 12.9. The lowest BCUT2D eigenvalue weighted by Crippen LogP contribution is -2.14. The van der Waals surface area contributed by atoms with E-state index >= 15 is 0 Å². The van der Waals surface area contributed by atoms with Gasteiger partial charge in [-0.25, -0.2) is 0 Å². The molecule has 0 aliphatic rings. The number of rotatable bonds is 12. The van der Waals surface area contributed by atoms with E-state index in [4.69, 9.17) is 21.1 Å². The summed E-state index contributed by atoms with van der Waals surface area (Å²) in [7, 11) is 0. The van der Waals surface area contributed by atoms with Crippen molar-refractivity contribution in [1.82, 2.24) is 14.8 Å². The highest BCUT2D eigenvalue weighted by Gasteiger charge is 2.13. The third-order valence-corrected chi connectivity index (χ3v) is 6.03. The molecule has 2 aromatic carbocycles. The minimum atomic E-state index is -0.0944. The van der Waals surface area contributed by atoms with E-state index < -0.39 is 0 Å². The fourth-order valence-corrected chi connectivity index (χ4v) is 4.29. The zero-order chi connectivity index (χ0) is 23.6. The molecule has 1 aromatic heterocycles. The van der Waals surface area contributed by atoms with Crippen molar-refractivity contribution in [1.29, 1.82) is 0 Å². The van der Waals surface area contributed by atoms with Gasteiger partial charge in [0.2, 0.25) is 5.91 Å². The van der Waals surface area contributed by atoms with Crippen LogP contribution < -0.4 is 14.8 Å². The van der Waals surface area contributed by atoms with Crippen molar-refractivity contribution in [3.05, 3.63) is 58.9 Å². The lowest BCUT2D eigenvalue weighted by atomic mass is 10.2. The van der Waals surface area contributed by atoms with Crippen LogP contribution in [0.25, 0.3) is 0 Å². The van der Waals surface area contributed by atoms with Crippen LogP contribution in [0.3, 0.4) is 0 Å². The number of carbonyl (C=O) groups is 1. The molecule has 176 valence electrons. The SMILES string of the molecule is CCOc1ccc(NC(=O)CSc2nnc(CCCOc3ccc(Cl)cc3C)n2CC)cc1. The number of halogens is 1. The van der Waals surface area contributed by atoms with Crippen LogP contribution in [0.4, 0.5) is 5.69 Å². The summed E-state index contributed by atoms with van der Waals surface area (Å²) in [5.74, 6) is 2.67. The van der Waals surface area contributed by atoms with Gasteiger partial charge in [0, 0.05) is 23.7 Å². The van der Waals surface area contributed by atoms with Gasteiger partial charge in [-0.1, -0.05) is 23.4 Å². The van der Waals surface area contributed by atoms with Crippen molar-refractivity contribution in [2.75, 3.05) is 24.3 Å². The van der Waals surface area contributed by atoms with Crippen LogP contribution in [0.5, 0.6) is 11.5 Å². The Labute approximate surface area is 203 Å². The van der Waals surface area contributed by atoms with Gasteiger partial charge in [0.15, 0.2) is 5.16 Å². The summed E-state index contributed by atoms with van der Waals surface area (Å²) in [6.45, 7) is 7.88. The quantitative estimate of drug-likeness (QED) is 0.271. The lowest BCUT2D eigenvalue weighted by molar-refractivity contribution is -0.113.